The maximum Gasteiger partial charge on any atom is 0.265 e. The quantitative estimate of drug-likeness (QED) is 0.519. The van der Waals surface area contributed by atoms with Gasteiger partial charge in [0.25, 0.3) is 11.8 Å². The van der Waals surface area contributed by atoms with E-state index in [1.54, 1.807) is 54.5 Å². The summed E-state index contributed by atoms with van der Waals surface area (Å²) in [5.74, 6) is 1.49. The molecule has 0 aliphatic carbocycles. The maximum atomic E-state index is 12.7. The zero-order valence-electron chi connectivity index (χ0n) is 20.5. The predicted molar refractivity (Wildman–Crippen MR) is 136 cm³/mol. The van der Waals surface area contributed by atoms with Crippen molar-refractivity contribution in [2.24, 2.45) is 0 Å². The van der Waals surface area contributed by atoms with Crippen molar-refractivity contribution in [1.29, 1.82) is 0 Å². The Morgan fingerprint density at radius 1 is 1.03 bits per heavy atom. The number of nitrogens with one attached hydrogen (secondary N) is 1. The fourth-order valence-corrected chi connectivity index (χ4v) is 3.80. The molecule has 4 rings (SSSR count). The lowest BCUT2D eigenvalue weighted by Gasteiger charge is -2.29. The molecule has 0 unspecified atom stereocenters. The minimum absolute atomic E-state index is 0.0389. The fourth-order valence-electron chi connectivity index (χ4n) is 3.80. The zero-order valence-corrected chi connectivity index (χ0v) is 20.5. The number of amides is 2. The molecule has 1 heterocycles. The first-order valence-electron chi connectivity index (χ1n) is 11.5. The second-order valence-corrected chi connectivity index (χ2v) is 9.33. The summed E-state index contributed by atoms with van der Waals surface area (Å²) in [6.07, 6.45) is 0. The Balaban J connectivity index is 1.44. The highest BCUT2D eigenvalue weighted by atomic mass is 16.5. The molecule has 1 aliphatic rings. The predicted octanol–water partition coefficient (Wildman–Crippen LogP) is 5.05. The highest BCUT2D eigenvalue weighted by molar-refractivity contribution is 6.05. The first-order valence-corrected chi connectivity index (χ1v) is 11.5. The Hall–Kier alpha value is -4.00. The molecule has 7 heteroatoms. The van der Waals surface area contributed by atoms with Crippen LogP contribution in [0.4, 0.5) is 11.4 Å². The van der Waals surface area contributed by atoms with Gasteiger partial charge < -0.3 is 24.4 Å². The van der Waals surface area contributed by atoms with Crippen molar-refractivity contribution in [3.8, 4) is 17.2 Å². The number of fused-ring (bicyclic) bond motifs is 1. The molecule has 7 nitrogen and oxygen atoms in total. The highest BCUT2D eigenvalue weighted by Crippen LogP contribution is 2.35. The van der Waals surface area contributed by atoms with Gasteiger partial charge in [-0.05, 0) is 59.5 Å². The molecule has 1 aliphatic heterocycles. The Morgan fingerprint density at radius 3 is 2.51 bits per heavy atom. The van der Waals surface area contributed by atoms with Crippen LogP contribution in [-0.4, -0.2) is 38.7 Å². The van der Waals surface area contributed by atoms with Crippen LogP contribution in [0.25, 0.3) is 0 Å². The third kappa shape index (κ3) is 5.74. The highest BCUT2D eigenvalue weighted by Gasteiger charge is 2.26. The lowest BCUT2D eigenvalue weighted by atomic mass is 9.87. The average Bonchev–Trinajstić information content (AvgIpc) is 2.85. The van der Waals surface area contributed by atoms with Crippen molar-refractivity contribution in [2.45, 2.75) is 26.2 Å². The smallest absolute Gasteiger partial charge is 0.265 e. The summed E-state index contributed by atoms with van der Waals surface area (Å²) in [5.41, 5.74) is 2.92. The normalized spacial score (nSPS) is 13.0. The molecule has 0 radical (unpaired) electrons. The standard InChI is InChI=1S/C28H30N2O5/c1-28(2,3)20-8-11-22(12-9-20)34-15-14-30-24-17-21(10-13-25(24)35-18-26(30)31)29-27(32)19-6-5-7-23(16-19)33-4/h5-13,16-17H,14-15,18H2,1-4H3,(H,29,32). The van der Waals surface area contributed by atoms with E-state index in [1.807, 2.05) is 12.1 Å². The number of nitrogens with zero attached hydrogens (tertiary/aromatic N) is 1. The molecule has 0 bridgehead atoms. The second kappa shape index (κ2) is 10.1. The maximum absolute atomic E-state index is 12.7. The van der Waals surface area contributed by atoms with Crippen molar-refractivity contribution < 1.29 is 23.8 Å². The first kappa shape index (κ1) is 24.1. The third-order valence-electron chi connectivity index (χ3n) is 5.80. The Bertz CT molecular complexity index is 1210. The molecule has 0 saturated carbocycles. The van der Waals surface area contributed by atoms with Gasteiger partial charge >= 0.3 is 0 Å². The van der Waals surface area contributed by atoms with Crippen LogP contribution in [0.15, 0.2) is 66.7 Å². The van der Waals surface area contributed by atoms with Crippen LogP contribution in [0.1, 0.15) is 36.7 Å². The molecule has 3 aromatic rings. The number of hydrogen-bond donors (Lipinski definition) is 1. The molecule has 0 aromatic heterocycles. The van der Waals surface area contributed by atoms with Gasteiger partial charge in [0, 0.05) is 11.3 Å². The van der Waals surface area contributed by atoms with Crippen LogP contribution in [-0.2, 0) is 10.2 Å². The molecule has 0 spiro atoms. The van der Waals surface area contributed by atoms with Crippen LogP contribution < -0.4 is 24.4 Å². The second-order valence-electron chi connectivity index (χ2n) is 9.33. The zero-order chi connectivity index (χ0) is 25.0. The lowest BCUT2D eigenvalue weighted by Crippen LogP contribution is -2.41. The Labute approximate surface area is 205 Å². The number of methoxy groups -OCH3 is 1. The molecule has 182 valence electrons. The molecular weight excluding hydrogens is 444 g/mol. The van der Waals surface area contributed by atoms with E-state index in [0.717, 1.165) is 5.75 Å². The van der Waals surface area contributed by atoms with Crippen molar-refractivity contribution in [2.75, 3.05) is 37.1 Å². The van der Waals surface area contributed by atoms with Crippen LogP contribution in [0.3, 0.4) is 0 Å². The lowest BCUT2D eigenvalue weighted by molar-refractivity contribution is -0.121. The van der Waals surface area contributed by atoms with E-state index in [2.05, 4.69) is 38.2 Å². The number of carbonyl (C=O) groups excluding carboxylic acids is 2. The van der Waals surface area contributed by atoms with Crippen molar-refractivity contribution in [3.63, 3.8) is 0 Å². The fraction of sp³-hybridized carbons (Fsp3) is 0.286. The SMILES string of the molecule is COc1cccc(C(=O)Nc2ccc3c(c2)N(CCOc2ccc(C(C)(C)C)cc2)C(=O)CO3)c1. The molecule has 0 saturated heterocycles. The van der Waals surface area contributed by atoms with Gasteiger partial charge in [0.1, 0.15) is 23.9 Å². The molecule has 3 aromatic carbocycles. The summed E-state index contributed by atoms with van der Waals surface area (Å²) in [7, 11) is 1.55. The van der Waals surface area contributed by atoms with Gasteiger partial charge in [0.2, 0.25) is 0 Å². The molecule has 1 N–H and O–H groups in total. The number of anilines is 2. The molecular formula is C28H30N2O5. The van der Waals surface area contributed by atoms with Gasteiger partial charge in [-0.2, -0.15) is 0 Å². The summed E-state index contributed by atoms with van der Waals surface area (Å²) in [6.45, 7) is 7.12. The van der Waals surface area contributed by atoms with Crippen molar-refractivity contribution >= 4 is 23.2 Å². The molecule has 0 atom stereocenters. The number of carbonyl (C=O) groups is 2. The molecule has 0 fully saturated rings. The van der Waals surface area contributed by atoms with Gasteiger partial charge in [-0.25, -0.2) is 0 Å². The van der Waals surface area contributed by atoms with E-state index in [4.69, 9.17) is 14.2 Å². The summed E-state index contributed by atoms with van der Waals surface area (Å²) in [6, 6.07) is 20.2. The average molecular weight is 475 g/mol. The largest absolute Gasteiger partial charge is 0.497 e. The first-order chi connectivity index (χ1) is 16.7. The Kier molecular flexibility index (Phi) is 6.96. The van der Waals surface area contributed by atoms with Gasteiger partial charge in [-0.1, -0.05) is 39.0 Å². The van der Waals surface area contributed by atoms with Gasteiger partial charge in [-0.15, -0.1) is 0 Å². The number of benzene rings is 3. The topological polar surface area (TPSA) is 77.1 Å². The van der Waals surface area contributed by atoms with Crippen LogP contribution >= 0.6 is 0 Å². The number of ether oxygens (including phenoxy) is 3. The number of hydrogen-bond acceptors (Lipinski definition) is 5. The molecule has 2 amide bonds. The van der Waals surface area contributed by atoms with Crippen LogP contribution in [0, 0.1) is 0 Å². The van der Waals surface area contributed by atoms with Gasteiger partial charge in [-0.3, -0.25) is 9.59 Å². The Morgan fingerprint density at radius 2 is 1.80 bits per heavy atom. The summed E-state index contributed by atoms with van der Waals surface area (Å²) < 4.78 is 16.7. The van der Waals surface area contributed by atoms with E-state index in [-0.39, 0.29) is 23.8 Å². The summed E-state index contributed by atoms with van der Waals surface area (Å²) in [4.78, 5) is 27.0. The third-order valence-corrected chi connectivity index (χ3v) is 5.80. The summed E-state index contributed by atoms with van der Waals surface area (Å²) in [5, 5.41) is 2.88. The van der Waals surface area contributed by atoms with E-state index in [9.17, 15) is 9.59 Å². The minimum Gasteiger partial charge on any atom is -0.497 e. The van der Waals surface area contributed by atoms with E-state index < -0.39 is 0 Å². The molecule has 35 heavy (non-hydrogen) atoms. The van der Waals surface area contributed by atoms with E-state index in [0.29, 0.717) is 41.6 Å². The monoisotopic (exact) mass is 474 g/mol. The van der Waals surface area contributed by atoms with Gasteiger partial charge in [0.05, 0.1) is 19.3 Å². The summed E-state index contributed by atoms with van der Waals surface area (Å²) >= 11 is 0. The minimum atomic E-state index is -0.277. The van der Waals surface area contributed by atoms with Crippen molar-refractivity contribution in [1.82, 2.24) is 0 Å². The van der Waals surface area contributed by atoms with E-state index in [1.165, 1.54) is 5.56 Å². The van der Waals surface area contributed by atoms with Crippen LogP contribution in [0.2, 0.25) is 0 Å². The van der Waals surface area contributed by atoms with Crippen molar-refractivity contribution in [3.05, 3.63) is 77.9 Å². The van der Waals surface area contributed by atoms with E-state index >= 15 is 0 Å². The van der Waals surface area contributed by atoms with Gasteiger partial charge in [0.15, 0.2) is 6.61 Å². The van der Waals surface area contributed by atoms with Crippen LogP contribution in [0.5, 0.6) is 17.2 Å². The number of rotatable bonds is 7.